The highest BCUT2D eigenvalue weighted by molar-refractivity contribution is 5.87. The van der Waals surface area contributed by atoms with Gasteiger partial charge in [-0.2, -0.15) is 0 Å². The Balaban J connectivity index is 1.71. The number of carbonyl (C=O) groups is 1. The fourth-order valence-corrected chi connectivity index (χ4v) is 1.68. The van der Waals surface area contributed by atoms with Crippen molar-refractivity contribution in [2.75, 3.05) is 13.2 Å². The second kappa shape index (κ2) is 7.25. The molecule has 0 bridgehead atoms. The highest BCUT2D eigenvalue weighted by Crippen LogP contribution is 2.12. The molecule has 0 aliphatic heterocycles. The van der Waals surface area contributed by atoms with Crippen molar-refractivity contribution in [2.45, 2.75) is 6.54 Å². The molecular weight excluding hydrogens is 256 g/mol. The largest absolute Gasteiger partial charge is 0.492 e. The van der Waals surface area contributed by atoms with Gasteiger partial charge in [0.25, 0.3) is 0 Å². The molecule has 104 valence electrons. The zero-order valence-corrected chi connectivity index (χ0v) is 11.0. The first-order chi connectivity index (χ1) is 9.75. The van der Waals surface area contributed by atoms with Crippen LogP contribution in [0.25, 0.3) is 0 Å². The number of aromatic carboxylic acids is 1. The first-order valence-corrected chi connectivity index (χ1v) is 6.32. The fraction of sp³-hybridized carbons (Fsp3) is 0.200. The lowest BCUT2D eigenvalue weighted by atomic mass is 10.2. The minimum Gasteiger partial charge on any atom is -0.492 e. The third-order valence-electron chi connectivity index (χ3n) is 2.66. The third kappa shape index (κ3) is 4.37. The number of hydrogen-bond donors (Lipinski definition) is 2. The van der Waals surface area contributed by atoms with E-state index in [0.29, 0.717) is 25.4 Å². The highest BCUT2D eigenvalue weighted by Gasteiger charge is 2.03. The smallest absolute Gasteiger partial charge is 0.335 e. The second-order valence-electron chi connectivity index (χ2n) is 4.18. The highest BCUT2D eigenvalue weighted by atomic mass is 16.5. The first kappa shape index (κ1) is 14.0. The summed E-state index contributed by atoms with van der Waals surface area (Å²) in [6.07, 6.45) is 1.75. The summed E-state index contributed by atoms with van der Waals surface area (Å²) in [6, 6.07) is 12.2. The summed E-state index contributed by atoms with van der Waals surface area (Å²) in [5, 5.41) is 12.1. The number of aromatic nitrogens is 1. The summed E-state index contributed by atoms with van der Waals surface area (Å²) >= 11 is 0. The molecule has 2 N–H and O–H groups in total. The molecule has 1 heterocycles. The van der Waals surface area contributed by atoms with Gasteiger partial charge in [-0.3, -0.25) is 4.98 Å². The minimum atomic E-state index is -0.955. The summed E-state index contributed by atoms with van der Waals surface area (Å²) in [5.74, 6) is -0.395. The summed E-state index contributed by atoms with van der Waals surface area (Å²) in [6.45, 7) is 1.81. The minimum absolute atomic E-state index is 0.226. The second-order valence-corrected chi connectivity index (χ2v) is 4.18. The Labute approximate surface area is 117 Å². The zero-order chi connectivity index (χ0) is 14.2. The van der Waals surface area contributed by atoms with E-state index in [1.54, 1.807) is 18.3 Å². The van der Waals surface area contributed by atoms with Crippen molar-refractivity contribution in [3.8, 4) is 5.75 Å². The molecule has 0 aliphatic rings. The number of carboxylic acid groups (broad SMARTS) is 1. The SMILES string of the molecule is O=C(O)c1cccc(OCCNCc2ccccn2)c1. The van der Waals surface area contributed by atoms with Crippen LogP contribution in [-0.2, 0) is 6.54 Å². The normalized spacial score (nSPS) is 10.2. The van der Waals surface area contributed by atoms with Crippen LogP contribution in [0.3, 0.4) is 0 Å². The van der Waals surface area contributed by atoms with Crippen LogP contribution in [0.4, 0.5) is 0 Å². The molecule has 2 aromatic rings. The number of pyridine rings is 1. The van der Waals surface area contributed by atoms with Gasteiger partial charge in [-0.1, -0.05) is 12.1 Å². The number of rotatable bonds is 7. The molecule has 5 nitrogen and oxygen atoms in total. The Kier molecular flexibility index (Phi) is 5.08. The van der Waals surface area contributed by atoms with Gasteiger partial charge in [-0.25, -0.2) is 4.79 Å². The molecule has 0 saturated carbocycles. The molecule has 1 aromatic heterocycles. The summed E-state index contributed by atoms with van der Waals surface area (Å²) in [5.41, 5.74) is 1.20. The van der Waals surface area contributed by atoms with Gasteiger partial charge in [0.1, 0.15) is 12.4 Å². The van der Waals surface area contributed by atoms with E-state index in [1.165, 1.54) is 12.1 Å². The van der Waals surface area contributed by atoms with Crippen LogP contribution < -0.4 is 10.1 Å². The number of ether oxygens (including phenoxy) is 1. The number of benzene rings is 1. The van der Waals surface area contributed by atoms with Gasteiger partial charge >= 0.3 is 5.97 Å². The Hall–Kier alpha value is -2.40. The maximum atomic E-state index is 10.8. The lowest BCUT2D eigenvalue weighted by molar-refractivity contribution is 0.0696. The molecule has 0 radical (unpaired) electrons. The van der Waals surface area contributed by atoms with E-state index in [2.05, 4.69) is 10.3 Å². The van der Waals surface area contributed by atoms with Gasteiger partial charge in [0.2, 0.25) is 0 Å². The Morgan fingerprint density at radius 3 is 2.90 bits per heavy atom. The molecule has 0 spiro atoms. The van der Waals surface area contributed by atoms with Crippen LogP contribution in [0, 0.1) is 0 Å². The topological polar surface area (TPSA) is 71.5 Å². The lowest BCUT2D eigenvalue weighted by Gasteiger charge is -2.08. The number of hydrogen-bond acceptors (Lipinski definition) is 4. The molecule has 0 fully saturated rings. The zero-order valence-electron chi connectivity index (χ0n) is 11.0. The van der Waals surface area contributed by atoms with Crippen molar-refractivity contribution in [2.24, 2.45) is 0 Å². The maximum absolute atomic E-state index is 10.8. The molecule has 1 aromatic carbocycles. The van der Waals surface area contributed by atoms with E-state index in [9.17, 15) is 4.79 Å². The molecule has 0 atom stereocenters. The van der Waals surface area contributed by atoms with Gasteiger partial charge in [0.05, 0.1) is 11.3 Å². The standard InChI is InChI=1S/C15H16N2O3/c18-15(19)12-4-3-6-14(10-12)20-9-8-16-11-13-5-1-2-7-17-13/h1-7,10,16H,8-9,11H2,(H,18,19). The van der Waals surface area contributed by atoms with Gasteiger partial charge < -0.3 is 15.2 Å². The quantitative estimate of drug-likeness (QED) is 0.754. The van der Waals surface area contributed by atoms with Gasteiger partial charge in [-0.05, 0) is 30.3 Å². The van der Waals surface area contributed by atoms with Crippen molar-refractivity contribution < 1.29 is 14.6 Å². The molecule has 0 unspecified atom stereocenters. The Morgan fingerprint density at radius 1 is 1.25 bits per heavy atom. The number of nitrogens with zero attached hydrogens (tertiary/aromatic N) is 1. The molecule has 0 amide bonds. The van der Waals surface area contributed by atoms with Crippen LogP contribution in [0.5, 0.6) is 5.75 Å². The first-order valence-electron chi connectivity index (χ1n) is 6.32. The lowest BCUT2D eigenvalue weighted by Crippen LogP contribution is -2.21. The van der Waals surface area contributed by atoms with Crippen LogP contribution in [0.15, 0.2) is 48.7 Å². The molecule has 20 heavy (non-hydrogen) atoms. The van der Waals surface area contributed by atoms with E-state index in [1.807, 2.05) is 18.2 Å². The Morgan fingerprint density at radius 2 is 2.15 bits per heavy atom. The van der Waals surface area contributed by atoms with Crippen molar-refractivity contribution >= 4 is 5.97 Å². The van der Waals surface area contributed by atoms with E-state index < -0.39 is 5.97 Å². The number of nitrogens with one attached hydrogen (secondary N) is 1. The molecule has 5 heteroatoms. The average molecular weight is 272 g/mol. The van der Waals surface area contributed by atoms with Crippen molar-refractivity contribution in [3.63, 3.8) is 0 Å². The average Bonchev–Trinajstić information content (AvgIpc) is 2.48. The predicted molar refractivity (Wildman–Crippen MR) is 74.8 cm³/mol. The predicted octanol–water partition coefficient (Wildman–Crippen LogP) is 1.95. The van der Waals surface area contributed by atoms with Crippen molar-refractivity contribution in [3.05, 3.63) is 59.9 Å². The summed E-state index contributed by atoms with van der Waals surface area (Å²) in [4.78, 5) is 15.0. The van der Waals surface area contributed by atoms with Gasteiger partial charge in [0.15, 0.2) is 0 Å². The molecule has 0 saturated heterocycles. The fourth-order valence-electron chi connectivity index (χ4n) is 1.68. The monoisotopic (exact) mass is 272 g/mol. The Bertz CT molecular complexity index is 558. The van der Waals surface area contributed by atoms with Crippen LogP contribution in [-0.4, -0.2) is 29.2 Å². The van der Waals surface area contributed by atoms with Gasteiger partial charge in [0, 0.05) is 19.3 Å². The third-order valence-corrected chi connectivity index (χ3v) is 2.66. The number of carboxylic acids is 1. The van der Waals surface area contributed by atoms with Crippen LogP contribution in [0.1, 0.15) is 16.1 Å². The van der Waals surface area contributed by atoms with Crippen molar-refractivity contribution in [1.82, 2.24) is 10.3 Å². The summed E-state index contributed by atoms with van der Waals surface area (Å²) in [7, 11) is 0. The molecule has 2 rings (SSSR count). The molecular formula is C15H16N2O3. The van der Waals surface area contributed by atoms with E-state index in [4.69, 9.17) is 9.84 Å². The van der Waals surface area contributed by atoms with E-state index in [-0.39, 0.29) is 5.56 Å². The maximum Gasteiger partial charge on any atom is 0.335 e. The molecule has 0 aliphatic carbocycles. The van der Waals surface area contributed by atoms with E-state index >= 15 is 0 Å². The van der Waals surface area contributed by atoms with Crippen LogP contribution >= 0.6 is 0 Å². The summed E-state index contributed by atoms with van der Waals surface area (Å²) < 4.78 is 5.49. The van der Waals surface area contributed by atoms with Crippen LogP contribution in [0.2, 0.25) is 0 Å². The van der Waals surface area contributed by atoms with Crippen molar-refractivity contribution in [1.29, 1.82) is 0 Å². The van der Waals surface area contributed by atoms with E-state index in [0.717, 1.165) is 5.69 Å². The van der Waals surface area contributed by atoms with Gasteiger partial charge in [-0.15, -0.1) is 0 Å².